The lowest BCUT2D eigenvalue weighted by atomic mass is 9.86. The number of carbonyl (C=O) groups is 2. The fraction of sp³-hybridized carbons (Fsp3) is 0.440. The van der Waals surface area contributed by atoms with Crippen LogP contribution in [-0.2, 0) is 31.9 Å². The van der Waals surface area contributed by atoms with Gasteiger partial charge in [0.15, 0.2) is 5.78 Å². The Bertz CT molecular complexity index is 870. The zero-order valence-corrected chi connectivity index (χ0v) is 17.8. The van der Waals surface area contributed by atoms with Crippen LogP contribution in [0.3, 0.4) is 0 Å². The van der Waals surface area contributed by atoms with Crippen LogP contribution in [0.2, 0.25) is 0 Å². The summed E-state index contributed by atoms with van der Waals surface area (Å²) in [6.45, 7) is 2.65. The van der Waals surface area contributed by atoms with E-state index in [1.807, 2.05) is 48.5 Å². The smallest absolute Gasteiger partial charge is 0.224 e. The lowest BCUT2D eigenvalue weighted by Crippen LogP contribution is -2.51. The lowest BCUT2D eigenvalue weighted by molar-refractivity contribution is -0.136. The van der Waals surface area contributed by atoms with Crippen molar-refractivity contribution in [2.45, 2.75) is 37.5 Å². The Morgan fingerprint density at radius 1 is 0.781 bits per heavy atom. The van der Waals surface area contributed by atoms with Crippen molar-refractivity contribution in [3.05, 3.63) is 59.7 Å². The largest absolute Gasteiger partial charge is 0.491 e. The van der Waals surface area contributed by atoms with E-state index in [0.717, 1.165) is 35.8 Å². The molecule has 3 fully saturated rings. The lowest BCUT2D eigenvalue weighted by Gasteiger charge is -2.28. The third kappa shape index (κ3) is 5.66. The predicted molar refractivity (Wildman–Crippen MR) is 116 cm³/mol. The number of hydrogen-bond donors (Lipinski definition) is 1. The molecule has 2 unspecified atom stereocenters. The first-order valence-electron chi connectivity index (χ1n) is 11.1. The average Bonchev–Trinajstić information content (AvgIpc) is 3.71. The van der Waals surface area contributed by atoms with E-state index in [9.17, 15) is 9.59 Å². The third-order valence-corrected chi connectivity index (χ3v) is 5.97. The predicted octanol–water partition coefficient (Wildman–Crippen LogP) is 2.10. The van der Waals surface area contributed by atoms with Crippen molar-refractivity contribution in [2.24, 2.45) is 5.92 Å². The molecular weight excluding hydrogens is 410 g/mol. The van der Waals surface area contributed by atoms with E-state index in [1.54, 1.807) is 0 Å². The number of ether oxygens (including phenoxy) is 4. The first-order chi connectivity index (χ1) is 15.6. The number of nitrogens with one attached hydrogen (secondary N) is 1. The minimum absolute atomic E-state index is 0.0646. The molecule has 0 bridgehead atoms. The van der Waals surface area contributed by atoms with Gasteiger partial charge in [0.25, 0.3) is 0 Å². The van der Waals surface area contributed by atoms with Crippen molar-refractivity contribution >= 4 is 11.7 Å². The van der Waals surface area contributed by atoms with Gasteiger partial charge in [-0.15, -0.1) is 0 Å². The molecule has 0 radical (unpaired) electrons. The van der Waals surface area contributed by atoms with Crippen LogP contribution in [0.1, 0.15) is 17.5 Å². The van der Waals surface area contributed by atoms with E-state index in [4.69, 9.17) is 18.9 Å². The molecule has 4 atom stereocenters. The Hall–Kier alpha value is -2.90. The van der Waals surface area contributed by atoms with Crippen molar-refractivity contribution in [1.29, 1.82) is 0 Å². The van der Waals surface area contributed by atoms with Gasteiger partial charge in [-0.1, -0.05) is 24.3 Å². The van der Waals surface area contributed by atoms with Crippen molar-refractivity contribution in [3.8, 4) is 11.5 Å². The monoisotopic (exact) mass is 437 g/mol. The molecule has 168 valence electrons. The number of carbonyl (C=O) groups excluding carboxylic acids is 2. The minimum atomic E-state index is -0.481. The highest BCUT2D eigenvalue weighted by Gasteiger charge is 2.34. The maximum Gasteiger partial charge on any atom is 0.224 e. The number of piperidine rings is 1. The molecule has 3 heterocycles. The summed E-state index contributed by atoms with van der Waals surface area (Å²) in [5.41, 5.74) is 2.00. The van der Waals surface area contributed by atoms with Crippen LogP contribution >= 0.6 is 0 Å². The van der Waals surface area contributed by atoms with Gasteiger partial charge in [0, 0.05) is 12.3 Å². The van der Waals surface area contributed by atoms with Crippen molar-refractivity contribution in [1.82, 2.24) is 5.32 Å². The second-order valence-corrected chi connectivity index (χ2v) is 8.66. The molecule has 2 aromatic carbocycles. The molecule has 3 aliphatic heterocycles. The van der Waals surface area contributed by atoms with Gasteiger partial charge in [-0.2, -0.15) is 0 Å². The van der Waals surface area contributed by atoms with E-state index in [0.29, 0.717) is 26.1 Å². The van der Waals surface area contributed by atoms with Crippen LogP contribution in [0.4, 0.5) is 0 Å². The Morgan fingerprint density at radius 3 is 1.78 bits per heavy atom. The Balaban J connectivity index is 1.11. The molecule has 0 aromatic heterocycles. The van der Waals surface area contributed by atoms with Crippen molar-refractivity contribution < 1.29 is 28.5 Å². The van der Waals surface area contributed by atoms with Gasteiger partial charge < -0.3 is 24.3 Å². The highest BCUT2D eigenvalue weighted by molar-refractivity contribution is 5.97. The van der Waals surface area contributed by atoms with Gasteiger partial charge >= 0.3 is 0 Å². The van der Waals surface area contributed by atoms with Crippen LogP contribution in [0, 0.1) is 5.92 Å². The molecule has 2 aromatic rings. The summed E-state index contributed by atoms with van der Waals surface area (Å²) in [6.07, 6.45) is 1.71. The van der Waals surface area contributed by atoms with Crippen LogP contribution < -0.4 is 14.8 Å². The molecule has 1 N–H and O–H groups in total. The Kier molecular flexibility index (Phi) is 6.10. The van der Waals surface area contributed by atoms with Crippen molar-refractivity contribution in [2.75, 3.05) is 26.4 Å². The number of benzene rings is 2. The van der Waals surface area contributed by atoms with E-state index in [2.05, 4.69) is 5.32 Å². The zero-order chi connectivity index (χ0) is 21.9. The molecule has 0 spiro atoms. The van der Waals surface area contributed by atoms with Crippen LogP contribution in [-0.4, -0.2) is 56.4 Å². The van der Waals surface area contributed by atoms with E-state index >= 15 is 0 Å². The second-order valence-electron chi connectivity index (χ2n) is 8.66. The van der Waals surface area contributed by atoms with Gasteiger partial charge in [-0.05, 0) is 48.2 Å². The van der Waals surface area contributed by atoms with Gasteiger partial charge in [-0.25, -0.2) is 0 Å². The first-order valence-corrected chi connectivity index (χ1v) is 11.1. The average molecular weight is 437 g/mol. The molecule has 7 nitrogen and oxygen atoms in total. The Labute approximate surface area is 187 Å². The third-order valence-electron chi connectivity index (χ3n) is 5.97. The van der Waals surface area contributed by atoms with Crippen LogP contribution in [0.15, 0.2) is 48.5 Å². The van der Waals surface area contributed by atoms with Gasteiger partial charge in [0.1, 0.15) is 36.9 Å². The van der Waals surface area contributed by atoms with E-state index < -0.39 is 6.04 Å². The summed E-state index contributed by atoms with van der Waals surface area (Å²) in [7, 11) is 0. The van der Waals surface area contributed by atoms with Gasteiger partial charge in [0.05, 0.1) is 19.3 Å². The molecule has 3 aliphatic rings. The number of Topliss-reactive ketones (excluding diaryl/α,β-unsaturated/α-hetero) is 1. The van der Waals surface area contributed by atoms with E-state index in [1.165, 1.54) is 0 Å². The fourth-order valence-corrected chi connectivity index (χ4v) is 3.85. The standard InChI is InChI=1S/C25H27NO6/c27-24-11-18(9-16-1-5-19(6-2-16)29-12-21-14-31-21)25(28)26-23(24)10-17-3-7-20(8-4-17)30-13-22-15-32-22/h1-8,18,21-23H,9-15H2,(H,26,28)/t18-,21?,22?,23-/m1/s1. The topological polar surface area (TPSA) is 89.7 Å². The first kappa shape index (κ1) is 21.0. The van der Waals surface area contributed by atoms with E-state index in [-0.39, 0.29) is 36.2 Å². The minimum Gasteiger partial charge on any atom is -0.491 e. The highest BCUT2D eigenvalue weighted by Crippen LogP contribution is 2.23. The molecule has 5 rings (SSSR count). The summed E-state index contributed by atoms with van der Waals surface area (Å²) in [4.78, 5) is 25.4. The molecule has 7 heteroatoms. The number of ketones is 1. The summed E-state index contributed by atoms with van der Waals surface area (Å²) < 4.78 is 21.6. The fourth-order valence-electron chi connectivity index (χ4n) is 3.85. The SMILES string of the molecule is O=C1N[C@H](Cc2ccc(OCC3CO3)cc2)C(=O)C[C@H]1Cc1ccc(OCC2CO2)cc1. The number of hydrogen-bond acceptors (Lipinski definition) is 6. The number of epoxide rings is 2. The normalized spacial score (nSPS) is 26.4. The molecule has 0 aliphatic carbocycles. The van der Waals surface area contributed by atoms with Crippen molar-refractivity contribution in [3.63, 3.8) is 0 Å². The number of rotatable bonds is 10. The van der Waals surface area contributed by atoms with Gasteiger partial charge in [-0.3, -0.25) is 9.59 Å². The van der Waals surface area contributed by atoms with Crippen LogP contribution in [0.5, 0.6) is 11.5 Å². The molecular formula is C25H27NO6. The number of amides is 1. The maximum absolute atomic E-state index is 12.7. The summed E-state index contributed by atoms with van der Waals surface area (Å²) in [6, 6.07) is 14.9. The summed E-state index contributed by atoms with van der Waals surface area (Å²) in [5, 5.41) is 2.92. The molecule has 3 saturated heterocycles. The molecule has 0 saturated carbocycles. The summed E-state index contributed by atoms with van der Waals surface area (Å²) in [5.74, 6) is 1.23. The van der Waals surface area contributed by atoms with Crippen LogP contribution in [0.25, 0.3) is 0 Å². The quantitative estimate of drug-likeness (QED) is 0.573. The second kappa shape index (κ2) is 9.30. The molecule has 1 amide bonds. The molecule has 32 heavy (non-hydrogen) atoms. The highest BCUT2D eigenvalue weighted by atomic mass is 16.6. The Morgan fingerprint density at radius 2 is 1.28 bits per heavy atom. The summed E-state index contributed by atoms with van der Waals surface area (Å²) >= 11 is 0. The van der Waals surface area contributed by atoms with Gasteiger partial charge in [0.2, 0.25) is 5.91 Å². The maximum atomic E-state index is 12.7. The zero-order valence-electron chi connectivity index (χ0n) is 17.8.